The van der Waals surface area contributed by atoms with Gasteiger partial charge in [0.15, 0.2) is 0 Å². The third kappa shape index (κ3) is 1.26. The number of H-pyrrole nitrogens is 1. The summed E-state index contributed by atoms with van der Waals surface area (Å²) in [4.78, 5) is 3.19. The Hall–Kier alpha value is -1.15. The molecule has 1 heterocycles. The lowest BCUT2D eigenvalue weighted by Crippen LogP contribution is -1.89. The van der Waals surface area contributed by atoms with Gasteiger partial charge in [-0.3, -0.25) is 0 Å². The number of aryl methyl sites for hydroxylation is 1. The highest BCUT2D eigenvalue weighted by Crippen LogP contribution is 2.34. The van der Waals surface area contributed by atoms with Gasteiger partial charge in [0.05, 0.1) is 17.6 Å². The Morgan fingerprint density at radius 2 is 2.29 bits per heavy atom. The second-order valence-electron chi connectivity index (χ2n) is 3.17. The third-order valence-corrected chi connectivity index (χ3v) is 2.82. The van der Waals surface area contributed by atoms with Crippen LogP contribution in [0.3, 0.4) is 0 Å². The van der Waals surface area contributed by atoms with Crippen LogP contribution in [0.5, 0.6) is 5.75 Å². The lowest BCUT2D eigenvalue weighted by molar-refractivity contribution is 0.415. The quantitative estimate of drug-likeness (QED) is 0.806. The molecule has 1 aromatic carbocycles. The fourth-order valence-electron chi connectivity index (χ4n) is 1.67. The van der Waals surface area contributed by atoms with Crippen LogP contribution in [0.1, 0.15) is 12.5 Å². The zero-order valence-electron chi connectivity index (χ0n) is 8.23. The van der Waals surface area contributed by atoms with Gasteiger partial charge >= 0.3 is 0 Å². The fourth-order valence-corrected chi connectivity index (χ4v) is 1.96. The second-order valence-corrected chi connectivity index (χ2v) is 3.55. The third-order valence-electron chi connectivity index (χ3n) is 2.43. The van der Waals surface area contributed by atoms with Gasteiger partial charge in [-0.2, -0.15) is 0 Å². The number of hydrogen-bond donors (Lipinski definition) is 1. The number of ether oxygens (including phenoxy) is 1. The number of hydrogen-bond acceptors (Lipinski definition) is 1. The Balaban J connectivity index is 2.80. The van der Waals surface area contributed by atoms with Crippen molar-refractivity contribution in [3.05, 3.63) is 28.9 Å². The maximum absolute atomic E-state index is 6.17. The maximum atomic E-state index is 6.17. The zero-order valence-corrected chi connectivity index (χ0v) is 8.98. The first-order chi connectivity index (χ1) is 6.77. The van der Waals surface area contributed by atoms with Crippen molar-refractivity contribution in [3.63, 3.8) is 0 Å². The lowest BCUT2D eigenvalue weighted by atomic mass is 10.1. The summed E-state index contributed by atoms with van der Waals surface area (Å²) in [6.45, 7) is 2.11. The van der Waals surface area contributed by atoms with Crippen molar-refractivity contribution in [2.45, 2.75) is 13.3 Å². The maximum Gasteiger partial charge on any atom is 0.138 e. The number of fused-ring (bicyclic) bond motifs is 1. The van der Waals surface area contributed by atoms with Crippen molar-refractivity contribution >= 4 is 22.5 Å². The summed E-state index contributed by atoms with van der Waals surface area (Å²) < 4.78 is 5.22. The van der Waals surface area contributed by atoms with E-state index in [0.717, 1.165) is 23.1 Å². The highest BCUT2D eigenvalue weighted by Gasteiger charge is 2.10. The number of nitrogens with one attached hydrogen (secondary N) is 1. The molecule has 74 valence electrons. The van der Waals surface area contributed by atoms with Gasteiger partial charge in [0, 0.05) is 11.6 Å². The van der Waals surface area contributed by atoms with Gasteiger partial charge in [0.1, 0.15) is 5.75 Å². The molecule has 2 rings (SSSR count). The number of rotatable bonds is 2. The van der Waals surface area contributed by atoms with Crippen molar-refractivity contribution in [2.75, 3.05) is 7.11 Å². The molecule has 2 aromatic rings. The molecule has 0 aliphatic rings. The average Bonchev–Trinajstić information content (AvgIpc) is 2.68. The number of benzene rings is 1. The molecule has 3 heteroatoms. The number of aromatic amines is 1. The average molecular weight is 210 g/mol. The second kappa shape index (κ2) is 3.54. The summed E-state index contributed by atoms with van der Waals surface area (Å²) >= 11 is 6.17. The summed E-state index contributed by atoms with van der Waals surface area (Å²) in [6.07, 6.45) is 2.86. The SMILES string of the molecule is CCc1cc(OC)c(Cl)c2cc[nH]c12. The Kier molecular flexibility index (Phi) is 2.38. The van der Waals surface area contributed by atoms with E-state index in [4.69, 9.17) is 16.3 Å². The molecule has 0 atom stereocenters. The van der Waals surface area contributed by atoms with E-state index in [1.165, 1.54) is 5.56 Å². The predicted octanol–water partition coefficient (Wildman–Crippen LogP) is 3.39. The predicted molar refractivity (Wildman–Crippen MR) is 59.2 cm³/mol. The lowest BCUT2D eigenvalue weighted by Gasteiger charge is -2.07. The molecule has 1 aromatic heterocycles. The van der Waals surface area contributed by atoms with E-state index in [-0.39, 0.29) is 0 Å². The minimum Gasteiger partial charge on any atom is -0.495 e. The summed E-state index contributed by atoms with van der Waals surface area (Å²) in [7, 11) is 1.64. The van der Waals surface area contributed by atoms with Gasteiger partial charge in [-0.1, -0.05) is 18.5 Å². The highest BCUT2D eigenvalue weighted by atomic mass is 35.5. The molecule has 14 heavy (non-hydrogen) atoms. The first-order valence-electron chi connectivity index (χ1n) is 4.60. The molecule has 0 bridgehead atoms. The Morgan fingerprint density at radius 3 is 2.93 bits per heavy atom. The first-order valence-corrected chi connectivity index (χ1v) is 4.98. The van der Waals surface area contributed by atoms with Gasteiger partial charge in [-0.15, -0.1) is 0 Å². The molecule has 2 nitrogen and oxygen atoms in total. The van der Waals surface area contributed by atoms with E-state index in [1.807, 2.05) is 18.3 Å². The van der Waals surface area contributed by atoms with Crippen molar-refractivity contribution < 1.29 is 4.74 Å². The number of halogens is 1. The fraction of sp³-hybridized carbons (Fsp3) is 0.273. The molecular weight excluding hydrogens is 198 g/mol. The topological polar surface area (TPSA) is 25.0 Å². The Bertz CT molecular complexity index is 462. The minimum absolute atomic E-state index is 0.681. The van der Waals surface area contributed by atoms with Crippen LogP contribution in [-0.2, 0) is 6.42 Å². The van der Waals surface area contributed by atoms with Crippen LogP contribution >= 0.6 is 11.6 Å². The molecule has 0 saturated carbocycles. The van der Waals surface area contributed by atoms with Crippen LogP contribution in [0.2, 0.25) is 5.02 Å². The zero-order chi connectivity index (χ0) is 10.1. The van der Waals surface area contributed by atoms with Crippen LogP contribution in [0, 0.1) is 0 Å². The van der Waals surface area contributed by atoms with Crippen LogP contribution in [0.25, 0.3) is 10.9 Å². The van der Waals surface area contributed by atoms with Crippen LogP contribution in [0.4, 0.5) is 0 Å². The molecular formula is C11H12ClNO. The molecule has 0 amide bonds. The minimum atomic E-state index is 0.681. The van der Waals surface area contributed by atoms with Gasteiger partial charge < -0.3 is 9.72 Å². The molecule has 0 radical (unpaired) electrons. The van der Waals surface area contributed by atoms with E-state index < -0.39 is 0 Å². The normalized spacial score (nSPS) is 10.8. The Labute approximate surface area is 87.8 Å². The molecule has 0 fully saturated rings. The first kappa shape index (κ1) is 9.41. The molecule has 0 spiro atoms. The van der Waals surface area contributed by atoms with Crippen molar-refractivity contribution in [1.29, 1.82) is 0 Å². The molecule has 0 unspecified atom stereocenters. The van der Waals surface area contributed by atoms with Gasteiger partial charge in [0.25, 0.3) is 0 Å². The molecule has 0 aliphatic heterocycles. The van der Waals surface area contributed by atoms with Gasteiger partial charge in [0.2, 0.25) is 0 Å². The van der Waals surface area contributed by atoms with Gasteiger partial charge in [-0.25, -0.2) is 0 Å². The van der Waals surface area contributed by atoms with Crippen LogP contribution in [0.15, 0.2) is 18.3 Å². The van der Waals surface area contributed by atoms with Crippen molar-refractivity contribution in [3.8, 4) is 5.75 Å². The Morgan fingerprint density at radius 1 is 1.50 bits per heavy atom. The van der Waals surface area contributed by atoms with Crippen LogP contribution in [-0.4, -0.2) is 12.1 Å². The van der Waals surface area contributed by atoms with Crippen molar-refractivity contribution in [2.24, 2.45) is 0 Å². The van der Waals surface area contributed by atoms with E-state index >= 15 is 0 Å². The smallest absolute Gasteiger partial charge is 0.138 e. The number of methoxy groups -OCH3 is 1. The van der Waals surface area contributed by atoms with E-state index in [2.05, 4.69) is 11.9 Å². The van der Waals surface area contributed by atoms with E-state index in [0.29, 0.717) is 5.02 Å². The molecule has 1 N–H and O–H groups in total. The molecule has 0 saturated heterocycles. The van der Waals surface area contributed by atoms with E-state index in [1.54, 1.807) is 7.11 Å². The summed E-state index contributed by atoms with van der Waals surface area (Å²) in [5, 5.41) is 1.71. The summed E-state index contributed by atoms with van der Waals surface area (Å²) in [6, 6.07) is 3.96. The van der Waals surface area contributed by atoms with Crippen LogP contribution < -0.4 is 4.74 Å². The highest BCUT2D eigenvalue weighted by molar-refractivity contribution is 6.37. The van der Waals surface area contributed by atoms with Gasteiger partial charge in [-0.05, 0) is 24.1 Å². The van der Waals surface area contributed by atoms with E-state index in [9.17, 15) is 0 Å². The molecule has 0 aliphatic carbocycles. The summed E-state index contributed by atoms with van der Waals surface area (Å²) in [5.74, 6) is 0.746. The largest absolute Gasteiger partial charge is 0.495 e. The number of aromatic nitrogens is 1. The summed E-state index contributed by atoms with van der Waals surface area (Å²) in [5.41, 5.74) is 2.34. The van der Waals surface area contributed by atoms with Crippen molar-refractivity contribution in [1.82, 2.24) is 4.98 Å². The standard InChI is InChI=1S/C11H12ClNO/c1-3-7-6-9(14-2)10(12)8-4-5-13-11(7)8/h4-6,13H,3H2,1-2H3. The monoisotopic (exact) mass is 209 g/mol.